The molecule has 0 amide bonds. The Labute approximate surface area is 191 Å². The van der Waals surface area contributed by atoms with Crippen molar-refractivity contribution in [1.29, 1.82) is 0 Å². The van der Waals surface area contributed by atoms with Gasteiger partial charge in [-0.1, -0.05) is 0 Å². The monoisotopic (exact) mass is 454 g/mol. The van der Waals surface area contributed by atoms with E-state index in [1.165, 1.54) is 17.4 Å². The number of thiazole rings is 1. The molecule has 0 spiro atoms. The second kappa shape index (κ2) is 8.91. The molecule has 0 unspecified atom stereocenters. The summed E-state index contributed by atoms with van der Waals surface area (Å²) in [6, 6.07) is 7.78. The van der Waals surface area contributed by atoms with Crippen molar-refractivity contribution in [1.82, 2.24) is 15.3 Å². The van der Waals surface area contributed by atoms with E-state index in [1.54, 1.807) is 0 Å². The Morgan fingerprint density at radius 1 is 1.19 bits per heavy atom. The van der Waals surface area contributed by atoms with Gasteiger partial charge < -0.3 is 25.2 Å². The van der Waals surface area contributed by atoms with Crippen molar-refractivity contribution in [3.05, 3.63) is 41.7 Å². The summed E-state index contributed by atoms with van der Waals surface area (Å²) >= 11 is 1.47. The highest BCUT2D eigenvalue weighted by atomic mass is 32.1. The summed E-state index contributed by atoms with van der Waals surface area (Å²) in [6.45, 7) is 9.40. The molecule has 7 nitrogen and oxygen atoms in total. The Bertz CT molecular complexity index is 1080. The van der Waals surface area contributed by atoms with Gasteiger partial charge in [0.25, 0.3) is 0 Å². The van der Waals surface area contributed by atoms with Crippen LogP contribution < -0.4 is 25.2 Å². The van der Waals surface area contributed by atoms with Crippen LogP contribution in [0.25, 0.3) is 11.3 Å². The summed E-state index contributed by atoms with van der Waals surface area (Å²) in [6.07, 6.45) is 1.89. The fourth-order valence-electron chi connectivity index (χ4n) is 4.13. The Morgan fingerprint density at radius 2 is 2.03 bits per heavy atom. The van der Waals surface area contributed by atoms with Gasteiger partial charge in [-0.05, 0) is 38.1 Å². The first-order chi connectivity index (χ1) is 15.6. The van der Waals surface area contributed by atoms with Crippen LogP contribution in [0.15, 0.2) is 35.8 Å². The Hall–Kier alpha value is -2.91. The van der Waals surface area contributed by atoms with Crippen LogP contribution in [0.1, 0.15) is 13.8 Å². The van der Waals surface area contributed by atoms with Gasteiger partial charge in [-0.25, -0.2) is 14.4 Å². The summed E-state index contributed by atoms with van der Waals surface area (Å²) in [5, 5.41) is 9.28. The molecular formula is C23H27FN6OS. The van der Waals surface area contributed by atoms with Gasteiger partial charge in [0.1, 0.15) is 12.4 Å². The first-order valence-electron chi connectivity index (χ1n) is 11.0. The average Bonchev–Trinajstić information content (AvgIpc) is 3.28. The minimum atomic E-state index is -0.351. The first-order valence-corrected chi connectivity index (χ1v) is 11.8. The molecule has 2 aliphatic heterocycles. The number of anilines is 4. The molecule has 2 N–H and O–H groups in total. The van der Waals surface area contributed by atoms with Gasteiger partial charge >= 0.3 is 0 Å². The number of hydrogen-bond donors (Lipinski definition) is 2. The van der Waals surface area contributed by atoms with Crippen molar-refractivity contribution < 1.29 is 9.13 Å². The molecule has 1 saturated heterocycles. The lowest BCUT2D eigenvalue weighted by Crippen LogP contribution is -2.43. The number of benzene rings is 1. The van der Waals surface area contributed by atoms with Gasteiger partial charge in [0.2, 0.25) is 0 Å². The first kappa shape index (κ1) is 21.0. The van der Waals surface area contributed by atoms with E-state index in [0.29, 0.717) is 12.4 Å². The molecule has 0 bridgehead atoms. The quantitative estimate of drug-likeness (QED) is 0.602. The molecule has 0 saturated carbocycles. The van der Waals surface area contributed by atoms with E-state index < -0.39 is 0 Å². The van der Waals surface area contributed by atoms with Crippen molar-refractivity contribution in [2.45, 2.75) is 19.9 Å². The van der Waals surface area contributed by atoms with E-state index in [9.17, 15) is 4.39 Å². The smallest absolute Gasteiger partial charge is 0.188 e. The molecule has 5 rings (SSSR count). The van der Waals surface area contributed by atoms with E-state index in [2.05, 4.69) is 50.3 Å². The molecule has 3 aromatic rings. The molecule has 1 aromatic carbocycles. The lowest BCUT2D eigenvalue weighted by Gasteiger charge is -2.34. The third-order valence-corrected chi connectivity index (χ3v) is 6.56. The number of ether oxygens (including phenoxy) is 1. The van der Waals surface area contributed by atoms with Gasteiger partial charge in [0.05, 0.1) is 29.8 Å². The van der Waals surface area contributed by atoms with Gasteiger partial charge in [-0.2, -0.15) is 0 Å². The van der Waals surface area contributed by atoms with Crippen LogP contribution in [0.2, 0.25) is 0 Å². The number of nitrogens with zero attached hydrogens (tertiary/aromatic N) is 4. The number of hydrogen-bond acceptors (Lipinski definition) is 8. The van der Waals surface area contributed by atoms with Crippen molar-refractivity contribution in [3.63, 3.8) is 0 Å². The molecule has 4 heterocycles. The molecule has 2 aromatic heterocycles. The number of aromatic nitrogens is 2. The molecule has 2 aliphatic rings. The van der Waals surface area contributed by atoms with Crippen molar-refractivity contribution in [2.75, 3.05) is 54.4 Å². The zero-order valence-corrected chi connectivity index (χ0v) is 19.1. The molecule has 9 heteroatoms. The predicted molar refractivity (Wildman–Crippen MR) is 128 cm³/mol. The van der Waals surface area contributed by atoms with Crippen LogP contribution in [0.5, 0.6) is 5.75 Å². The van der Waals surface area contributed by atoms with Crippen LogP contribution in [-0.2, 0) is 0 Å². The average molecular weight is 455 g/mol. The van der Waals surface area contributed by atoms with E-state index in [0.717, 1.165) is 66.3 Å². The molecule has 1 fully saturated rings. The SMILES string of the molecule is CC(C)N1CCOc2c(F)cc(-c3csc(Nc4ccc(N5CCNCC5)cn4)n3)cc21. The number of fused-ring (bicyclic) bond motifs is 1. The third-order valence-electron chi connectivity index (χ3n) is 5.80. The zero-order chi connectivity index (χ0) is 22.1. The highest BCUT2D eigenvalue weighted by molar-refractivity contribution is 7.14. The minimum absolute atomic E-state index is 0.259. The predicted octanol–water partition coefficient (Wildman–Crippen LogP) is 4.10. The van der Waals surface area contributed by atoms with Crippen molar-refractivity contribution in [2.24, 2.45) is 0 Å². The fraction of sp³-hybridized carbons (Fsp3) is 0.391. The Kier molecular flexibility index (Phi) is 5.84. The second-order valence-corrected chi connectivity index (χ2v) is 9.10. The second-order valence-electron chi connectivity index (χ2n) is 8.24. The number of halogens is 1. The van der Waals surface area contributed by atoms with E-state index in [-0.39, 0.29) is 11.9 Å². The van der Waals surface area contributed by atoms with Gasteiger partial charge in [-0.3, -0.25) is 0 Å². The summed E-state index contributed by atoms with van der Waals surface area (Å²) in [5.41, 5.74) is 3.38. The highest BCUT2D eigenvalue weighted by Gasteiger charge is 2.25. The topological polar surface area (TPSA) is 65.6 Å². The van der Waals surface area contributed by atoms with Crippen LogP contribution in [-0.4, -0.2) is 55.3 Å². The normalized spacial score (nSPS) is 16.1. The lowest BCUT2D eigenvalue weighted by atomic mass is 10.1. The Morgan fingerprint density at radius 3 is 2.78 bits per heavy atom. The van der Waals surface area contributed by atoms with Crippen LogP contribution in [0.4, 0.5) is 26.7 Å². The summed E-state index contributed by atoms with van der Waals surface area (Å²) < 4.78 is 20.4. The standard InChI is InChI=1S/C23H27FN6OS/c1-15(2)30-9-10-31-22-18(24)11-16(12-20(22)30)19-14-32-23(27-19)28-21-4-3-17(13-26-21)29-7-5-25-6-8-29/h3-4,11-15,25H,5-10H2,1-2H3,(H,26,27,28). The van der Waals surface area contributed by atoms with Crippen molar-refractivity contribution >= 4 is 33.7 Å². The van der Waals surface area contributed by atoms with Crippen LogP contribution in [0.3, 0.4) is 0 Å². The molecule has 168 valence electrons. The largest absolute Gasteiger partial charge is 0.486 e. The lowest BCUT2D eigenvalue weighted by molar-refractivity contribution is 0.287. The summed E-state index contributed by atoms with van der Waals surface area (Å²) in [5.74, 6) is 0.715. The highest BCUT2D eigenvalue weighted by Crippen LogP contribution is 2.39. The Balaban J connectivity index is 1.34. The summed E-state index contributed by atoms with van der Waals surface area (Å²) in [7, 11) is 0. The van der Waals surface area contributed by atoms with Crippen LogP contribution in [0, 0.1) is 5.82 Å². The molecule has 0 aliphatic carbocycles. The maximum Gasteiger partial charge on any atom is 0.188 e. The number of nitrogens with one attached hydrogen (secondary N) is 2. The molecule has 0 atom stereocenters. The zero-order valence-electron chi connectivity index (χ0n) is 18.3. The maximum absolute atomic E-state index is 14.8. The number of piperazine rings is 1. The van der Waals surface area contributed by atoms with Crippen molar-refractivity contribution in [3.8, 4) is 17.0 Å². The third kappa shape index (κ3) is 4.22. The van der Waals surface area contributed by atoms with E-state index in [1.807, 2.05) is 23.7 Å². The van der Waals surface area contributed by atoms with Gasteiger partial charge in [0.15, 0.2) is 16.7 Å². The molecule has 0 radical (unpaired) electrons. The van der Waals surface area contributed by atoms with Crippen LogP contribution >= 0.6 is 11.3 Å². The number of rotatable bonds is 5. The van der Waals surface area contributed by atoms with Gasteiger partial charge in [-0.15, -0.1) is 11.3 Å². The van der Waals surface area contributed by atoms with Gasteiger partial charge in [0, 0.05) is 43.2 Å². The summed E-state index contributed by atoms with van der Waals surface area (Å²) in [4.78, 5) is 13.7. The van der Waals surface area contributed by atoms with E-state index in [4.69, 9.17) is 4.74 Å². The molecular weight excluding hydrogens is 427 g/mol. The molecule has 32 heavy (non-hydrogen) atoms. The number of pyridine rings is 1. The fourth-order valence-corrected chi connectivity index (χ4v) is 4.86. The minimum Gasteiger partial charge on any atom is -0.486 e. The maximum atomic E-state index is 14.8. The van der Waals surface area contributed by atoms with E-state index >= 15 is 0 Å².